The summed E-state index contributed by atoms with van der Waals surface area (Å²) in [6.07, 6.45) is -4.60. The molecule has 20 heavy (non-hydrogen) atoms. The maximum atomic E-state index is 12.5. The van der Waals surface area contributed by atoms with Crippen LogP contribution in [0.15, 0.2) is 18.3 Å². The molecule has 1 amide bonds. The molecule has 1 N–H and O–H groups in total. The van der Waals surface area contributed by atoms with Gasteiger partial charge in [0.1, 0.15) is 5.82 Å². The van der Waals surface area contributed by atoms with Crippen LogP contribution in [-0.4, -0.2) is 46.8 Å². The van der Waals surface area contributed by atoms with Gasteiger partial charge in [-0.15, -0.1) is 0 Å². The van der Waals surface area contributed by atoms with E-state index in [-0.39, 0.29) is 6.04 Å². The lowest BCUT2D eigenvalue weighted by Crippen LogP contribution is -2.53. The topological polar surface area (TPSA) is 56.7 Å². The van der Waals surface area contributed by atoms with E-state index in [0.29, 0.717) is 25.5 Å². The second-order valence-corrected chi connectivity index (χ2v) is 4.67. The van der Waals surface area contributed by atoms with Crippen molar-refractivity contribution in [3.05, 3.63) is 23.9 Å². The molecule has 2 rings (SSSR count). The molecule has 2 heterocycles. The Morgan fingerprint density at radius 1 is 1.40 bits per heavy atom. The zero-order valence-corrected chi connectivity index (χ0v) is 10.8. The molecule has 0 bridgehead atoms. The molecule has 0 unspecified atom stereocenters. The molecule has 1 saturated heterocycles. The standard InChI is InChI=1S/C12H14F3N3O2/c1-8-7-17(11(19)20)4-5-18(8)10-3-2-9(6-16-10)12(13,14)15/h2-3,6,8H,4-5,7H2,1H3,(H,19,20)/t8-/m1/s1. The molecule has 1 atom stereocenters. The van der Waals surface area contributed by atoms with E-state index in [1.54, 1.807) is 4.90 Å². The van der Waals surface area contributed by atoms with Crippen LogP contribution in [0.2, 0.25) is 0 Å². The lowest BCUT2D eigenvalue weighted by molar-refractivity contribution is -0.137. The molecular formula is C12H14F3N3O2. The average molecular weight is 289 g/mol. The predicted molar refractivity (Wildman–Crippen MR) is 65.6 cm³/mol. The van der Waals surface area contributed by atoms with Crippen molar-refractivity contribution in [1.82, 2.24) is 9.88 Å². The van der Waals surface area contributed by atoms with Gasteiger partial charge in [-0.05, 0) is 19.1 Å². The summed E-state index contributed by atoms with van der Waals surface area (Å²) >= 11 is 0. The van der Waals surface area contributed by atoms with Gasteiger partial charge < -0.3 is 14.9 Å². The summed E-state index contributed by atoms with van der Waals surface area (Å²) in [6.45, 7) is 2.83. The van der Waals surface area contributed by atoms with E-state index in [1.807, 2.05) is 6.92 Å². The molecule has 1 aliphatic rings. The zero-order valence-electron chi connectivity index (χ0n) is 10.8. The Bertz CT molecular complexity index is 490. The maximum absolute atomic E-state index is 12.5. The summed E-state index contributed by atoms with van der Waals surface area (Å²) in [5, 5.41) is 8.91. The second-order valence-electron chi connectivity index (χ2n) is 4.67. The van der Waals surface area contributed by atoms with Crippen LogP contribution in [0, 0.1) is 0 Å². The molecule has 1 aliphatic heterocycles. The largest absolute Gasteiger partial charge is 0.465 e. The number of hydrogen-bond donors (Lipinski definition) is 1. The number of alkyl halides is 3. The molecule has 0 aromatic carbocycles. The van der Waals surface area contributed by atoms with Gasteiger partial charge in [0.05, 0.1) is 5.56 Å². The highest BCUT2D eigenvalue weighted by Crippen LogP contribution is 2.29. The summed E-state index contributed by atoms with van der Waals surface area (Å²) in [4.78, 5) is 17.8. The minimum absolute atomic E-state index is 0.135. The number of carboxylic acid groups (broad SMARTS) is 1. The molecule has 5 nitrogen and oxygen atoms in total. The van der Waals surface area contributed by atoms with Crippen molar-refractivity contribution in [1.29, 1.82) is 0 Å². The predicted octanol–water partition coefficient (Wildman–Crippen LogP) is 2.29. The second kappa shape index (κ2) is 5.18. The molecule has 0 spiro atoms. The number of pyridine rings is 1. The highest BCUT2D eigenvalue weighted by atomic mass is 19.4. The summed E-state index contributed by atoms with van der Waals surface area (Å²) in [7, 11) is 0. The van der Waals surface area contributed by atoms with Crippen LogP contribution in [0.1, 0.15) is 12.5 Å². The Kier molecular flexibility index (Phi) is 3.74. The van der Waals surface area contributed by atoms with Crippen LogP contribution in [-0.2, 0) is 6.18 Å². The number of hydrogen-bond acceptors (Lipinski definition) is 3. The third kappa shape index (κ3) is 2.94. The van der Waals surface area contributed by atoms with Crippen molar-refractivity contribution in [3.8, 4) is 0 Å². The van der Waals surface area contributed by atoms with E-state index in [9.17, 15) is 18.0 Å². The average Bonchev–Trinajstić information content (AvgIpc) is 2.37. The Balaban J connectivity index is 2.11. The highest BCUT2D eigenvalue weighted by Gasteiger charge is 2.32. The van der Waals surface area contributed by atoms with E-state index >= 15 is 0 Å². The van der Waals surface area contributed by atoms with E-state index in [4.69, 9.17) is 5.11 Å². The van der Waals surface area contributed by atoms with E-state index in [0.717, 1.165) is 12.3 Å². The summed E-state index contributed by atoms with van der Waals surface area (Å²) in [5.74, 6) is 0.426. The number of aromatic nitrogens is 1. The van der Waals surface area contributed by atoms with Crippen molar-refractivity contribution in [2.24, 2.45) is 0 Å². The Morgan fingerprint density at radius 2 is 2.10 bits per heavy atom. The summed E-state index contributed by atoms with van der Waals surface area (Å²) in [5.41, 5.74) is -0.793. The Labute approximate surface area is 113 Å². The fourth-order valence-electron chi connectivity index (χ4n) is 2.20. The fraction of sp³-hybridized carbons (Fsp3) is 0.500. The first-order valence-corrected chi connectivity index (χ1v) is 6.07. The molecule has 1 aromatic rings. The van der Waals surface area contributed by atoms with Gasteiger partial charge in [0.15, 0.2) is 0 Å². The first-order valence-electron chi connectivity index (χ1n) is 6.07. The lowest BCUT2D eigenvalue weighted by atomic mass is 10.2. The smallest absolute Gasteiger partial charge is 0.417 e. The van der Waals surface area contributed by atoms with Crippen LogP contribution in [0.4, 0.5) is 23.8 Å². The Morgan fingerprint density at radius 3 is 2.55 bits per heavy atom. The molecule has 8 heteroatoms. The number of piperazine rings is 1. The van der Waals surface area contributed by atoms with Gasteiger partial charge in [-0.25, -0.2) is 9.78 Å². The molecule has 1 aromatic heterocycles. The van der Waals surface area contributed by atoms with Gasteiger partial charge in [0.25, 0.3) is 0 Å². The first kappa shape index (κ1) is 14.4. The van der Waals surface area contributed by atoms with E-state index in [1.165, 1.54) is 11.0 Å². The number of amides is 1. The van der Waals surface area contributed by atoms with Crippen molar-refractivity contribution in [3.63, 3.8) is 0 Å². The van der Waals surface area contributed by atoms with Gasteiger partial charge in [-0.1, -0.05) is 0 Å². The zero-order chi connectivity index (χ0) is 14.9. The molecule has 0 aliphatic carbocycles. The maximum Gasteiger partial charge on any atom is 0.417 e. The number of nitrogens with zero attached hydrogens (tertiary/aromatic N) is 3. The van der Waals surface area contributed by atoms with Crippen molar-refractivity contribution >= 4 is 11.9 Å². The quantitative estimate of drug-likeness (QED) is 0.862. The van der Waals surface area contributed by atoms with E-state index in [2.05, 4.69) is 4.98 Å². The van der Waals surface area contributed by atoms with Crippen LogP contribution in [0.3, 0.4) is 0 Å². The lowest BCUT2D eigenvalue weighted by Gasteiger charge is -2.39. The third-order valence-electron chi connectivity index (χ3n) is 3.27. The fourth-order valence-corrected chi connectivity index (χ4v) is 2.20. The Hall–Kier alpha value is -1.99. The van der Waals surface area contributed by atoms with Crippen LogP contribution >= 0.6 is 0 Å². The van der Waals surface area contributed by atoms with Crippen LogP contribution in [0.25, 0.3) is 0 Å². The normalized spacial score (nSPS) is 20.1. The van der Waals surface area contributed by atoms with Crippen molar-refractivity contribution in [2.75, 3.05) is 24.5 Å². The van der Waals surface area contributed by atoms with Crippen molar-refractivity contribution < 1.29 is 23.1 Å². The molecule has 110 valence electrons. The monoisotopic (exact) mass is 289 g/mol. The van der Waals surface area contributed by atoms with Gasteiger partial charge in [0.2, 0.25) is 0 Å². The van der Waals surface area contributed by atoms with Gasteiger partial charge in [-0.3, -0.25) is 0 Å². The molecular weight excluding hydrogens is 275 g/mol. The summed E-state index contributed by atoms with van der Waals surface area (Å²) in [6, 6.07) is 2.16. The number of rotatable bonds is 1. The molecule has 0 saturated carbocycles. The van der Waals surface area contributed by atoms with E-state index < -0.39 is 17.8 Å². The number of halogens is 3. The minimum Gasteiger partial charge on any atom is -0.465 e. The molecule has 0 radical (unpaired) electrons. The first-order chi connectivity index (χ1) is 9.29. The summed E-state index contributed by atoms with van der Waals surface area (Å²) < 4.78 is 37.4. The van der Waals surface area contributed by atoms with Gasteiger partial charge >= 0.3 is 12.3 Å². The van der Waals surface area contributed by atoms with Crippen LogP contribution < -0.4 is 4.90 Å². The number of carbonyl (C=O) groups is 1. The van der Waals surface area contributed by atoms with Gasteiger partial charge in [-0.2, -0.15) is 13.2 Å². The minimum atomic E-state index is -4.40. The number of anilines is 1. The highest BCUT2D eigenvalue weighted by molar-refractivity contribution is 5.65. The van der Waals surface area contributed by atoms with Gasteiger partial charge in [0, 0.05) is 31.9 Å². The SMILES string of the molecule is C[C@@H]1CN(C(=O)O)CCN1c1ccc(C(F)(F)F)cn1. The van der Waals surface area contributed by atoms with Crippen molar-refractivity contribution in [2.45, 2.75) is 19.1 Å². The van der Waals surface area contributed by atoms with Crippen LogP contribution in [0.5, 0.6) is 0 Å². The molecule has 1 fully saturated rings. The third-order valence-corrected chi connectivity index (χ3v) is 3.27.